The van der Waals surface area contributed by atoms with Crippen molar-refractivity contribution in [3.63, 3.8) is 0 Å². The summed E-state index contributed by atoms with van der Waals surface area (Å²) in [6, 6.07) is 6.34. The molecule has 0 radical (unpaired) electrons. The van der Waals surface area contributed by atoms with Crippen molar-refractivity contribution in [3.8, 4) is 0 Å². The molecule has 88 valence electrons. The smallest absolute Gasteiger partial charge is 0.238 e. The van der Waals surface area contributed by atoms with Gasteiger partial charge in [0, 0.05) is 5.69 Å². The Morgan fingerprint density at radius 1 is 1.25 bits per heavy atom. The fourth-order valence-electron chi connectivity index (χ4n) is 1.13. The third-order valence-electron chi connectivity index (χ3n) is 1.79. The van der Waals surface area contributed by atoms with Crippen molar-refractivity contribution in [2.24, 2.45) is 10.9 Å². The standard InChI is InChI=1S/C9H13N3O3S/c10-5-9(13)12-8-3-1-7(2-4-8)6-16(11,14)15/h1-4H,5-6,10H2,(H,12,13)(H2,11,14,15). The molecule has 0 aliphatic rings. The van der Waals surface area contributed by atoms with Gasteiger partial charge in [-0.3, -0.25) is 4.79 Å². The van der Waals surface area contributed by atoms with Gasteiger partial charge in [-0.2, -0.15) is 0 Å². The number of benzene rings is 1. The molecule has 0 saturated carbocycles. The minimum absolute atomic E-state index is 0.0983. The summed E-state index contributed by atoms with van der Waals surface area (Å²) in [4.78, 5) is 10.9. The van der Waals surface area contributed by atoms with Gasteiger partial charge in [0.15, 0.2) is 0 Å². The first-order valence-electron chi connectivity index (χ1n) is 4.50. The summed E-state index contributed by atoms with van der Waals surface area (Å²) >= 11 is 0. The Labute approximate surface area is 93.7 Å². The number of hydrogen-bond acceptors (Lipinski definition) is 4. The summed E-state index contributed by atoms with van der Waals surface area (Å²) in [5, 5.41) is 7.43. The van der Waals surface area contributed by atoms with E-state index in [0.717, 1.165) is 0 Å². The molecule has 1 aromatic carbocycles. The molecule has 16 heavy (non-hydrogen) atoms. The van der Waals surface area contributed by atoms with Crippen molar-refractivity contribution in [2.75, 3.05) is 11.9 Å². The van der Waals surface area contributed by atoms with Crippen LogP contribution < -0.4 is 16.2 Å². The largest absolute Gasteiger partial charge is 0.325 e. The van der Waals surface area contributed by atoms with Crippen LogP contribution in [0.5, 0.6) is 0 Å². The van der Waals surface area contributed by atoms with Crippen molar-refractivity contribution in [2.45, 2.75) is 5.75 Å². The minimum atomic E-state index is -3.53. The lowest BCUT2D eigenvalue weighted by Crippen LogP contribution is -2.21. The molecule has 1 aromatic rings. The summed E-state index contributed by atoms with van der Waals surface area (Å²) in [7, 11) is -3.53. The highest BCUT2D eigenvalue weighted by atomic mass is 32.2. The molecule has 6 nitrogen and oxygen atoms in total. The zero-order valence-corrected chi connectivity index (χ0v) is 9.33. The predicted octanol–water partition coefficient (Wildman–Crippen LogP) is -0.628. The second-order valence-electron chi connectivity index (χ2n) is 3.26. The number of nitrogens with one attached hydrogen (secondary N) is 1. The van der Waals surface area contributed by atoms with Gasteiger partial charge in [0.2, 0.25) is 15.9 Å². The average Bonchev–Trinajstić information content (AvgIpc) is 2.18. The zero-order valence-electron chi connectivity index (χ0n) is 8.51. The number of primary sulfonamides is 1. The molecule has 0 atom stereocenters. The molecule has 0 aromatic heterocycles. The highest BCUT2D eigenvalue weighted by molar-refractivity contribution is 7.88. The second kappa shape index (κ2) is 5.06. The van der Waals surface area contributed by atoms with Crippen LogP contribution >= 0.6 is 0 Å². The predicted molar refractivity (Wildman–Crippen MR) is 60.9 cm³/mol. The number of sulfonamides is 1. The Morgan fingerprint density at radius 2 is 1.81 bits per heavy atom. The van der Waals surface area contributed by atoms with Crippen LogP contribution in [0.3, 0.4) is 0 Å². The third kappa shape index (κ3) is 4.39. The molecule has 5 N–H and O–H groups in total. The van der Waals surface area contributed by atoms with Gasteiger partial charge >= 0.3 is 0 Å². The van der Waals surface area contributed by atoms with Crippen LogP contribution in [-0.4, -0.2) is 20.9 Å². The van der Waals surface area contributed by atoms with Gasteiger partial charge in [0.25, 0.3) is 0 Å². The number of nitrogens with two attached hydrogens (primary N) is 2. The second-order valence-corrected chi connectivity index (χ2v) is 4.87. The number of amides is 1. The van der Waals surface area contributed by atoms with E-state index in [-0.39, 0.29) is 18.2 Å². The molecular weight excluding hydrogens is 230 g/mol. The fraction of sp³-hybridized carbons (Fsp3) is 0.222. The van der Waals surface area contributed by atoms with Crippen LogP contribution in [0.15, 0.2) is 24.3 Å². The molecule has 0 bridgehead atoms. The van der Waals surface area contributed by atoms with Gasteiger partial charge in [-0.15, -0.1) is 0 Å². The van der Waals surface area contributed by atoms with Crippen LogP contribution in [0.25, 0.3) is 0 Å². The normalized spacial score (nSPS) is 11.1. The first-order chi connectivity index (χ1) is 7.40. The Bertz CT molecular complexity index is 467. The number of carbonyl (C=O) groups is 1. The maximum absolute atomic E-state index is 10.9. The SMILES string of the molecule is NCC(=O)Nc1ccc(CS(N)(=O)=O)cc1. The zero-order chi connectivity index (χ0) is 12.2. The first-order valence-corrected chi connectivity index (χ1v) is 6.21. The maximum atomic E-state index is 10.9. The van der Waals surface area contributed by atoms with Crippen LogP contribution in [0.1, 0.15) is 5.56 Å². The van der Waals surface area contributed by atoms with E-state index >= 15 is 0 Å². The molecule has 0 heterocycles. The fourth-order valence-corrected chi connectivity index (χ4v) is 1.79. The van der Waals surface area contributed by atoms with Gasteiger partial charge in [0.05, 0.1) is 12.3 Å². The van der Waals surface area contributed by atoms with Crippen LogP contribution in [0.2, 0.25) is 0 Å². The summed E-state index contributed by atoms with van der Waals surface area (Å²) < 4.78 is 21.6. The summed E-state index contributed by atoms with van der Waals surface area (Å²) in [6.07, 6.45) is 0. The lowest BCUT2D eigenvalue weighted by molar-refractivity contribution is -0.114. The van der Waals surface area contributed by atoms with Crippen molar-refractivity contribution in [1.82, 2.24) is 0 Å². The van der Waals surface area contributed by atoms with Crippen molar-refractivity contribution in [1.29, 1.82) is 0 Å². The number of anilines is 1. The first kappa shape index (κ1) is 12.6. The van der Waals surface area contributed by atoms with Crippen molar-refractivity contribution in [3.05, 3.63) is 29.8 Å². The Hall–Kier alpha value is -1.44. The van der Waals surface area contributed by atoms with Gasteiger partial charge in [-0.05, 0) is 17.7 Å². The van der Waals surface area contributed by atoms with Gasteiger partial charge in [-0.25, -0.2) is 13.6 Å². The topological polar surface area (TPSA) is 115 Å². The van der Waals surface area contributed by atoms with E-state index in [4.69, 9.17) is 10.9 Å². The molecule has 0 unspecified atom stereocenters. The molecule has 7 heteroatoms. The molecule has 1 amide bonds. The molecule has 1 rings (SSSR count). The number of rotatable bonds is 4. The van der Waals surface area contributed by atoms with E-state index in [9.17, 15) is 13.2 Å². The van der Waals surface area contributed by atoms with E-state index in [1.807, 2.05) is 0 Å². The van der Waals surface area contributed by atoms with E-state index < -0.39 is 10.0 Å². The molecule has 0 spiro atoms. The molecular formula is C9H13N3O3S. The maximum Gasteiger partial charge on any atom is 0.238 e. The number of hydrogen-bond donors (Lipinski definition) is 3. The van der Waals surface area contributed by atoms with E-state index in [0.29, 0.717) is 11.3 Å². The quantitative estimate of drug-likeness (QED) is 0.653. The van der Waals surface area contributed by atoms with Crippen molar-refractivity contribution < 1.29 is 13.2 Å². The summed E-state index contributed by atoms with van der Waals surface area (Å²) in [6.45, 7) is -0.0983. The van der Waals surface area contributed by atoms with E-state index in [1.165, 1.54) is 0 Å². The lowest BCUT2D eigenvalue weighted by Gasteiger charge is -2.04. The van der Waals surface area contributed by atoms with Crippen LogP contribution in [0, 0.1) is 0 Å². The lowest BCUT2D eigenvalue weighted by atomic mass is 10.2. The van der Waals surface area contributed by atoms with Gasteiger partial charge in [-0.1, -0.05) is 12.1 Å². The van der Waals surface area contributed by atoms with E-state index in [1.54, 1.807) is 24.3 Å². The number of carbonyl (C=O) groups excluding carboxylic acids is 1. The third-order valence-corrected chi connectivity index (χ3v) is 2.53. The van der Waals surface area contributed by atoms with Crippen molar-refractivity contribution >= 4 is 21.6 Å². The summed E-state index contributed by atoms with van der Waals surface area (Å²) in [5.41, 5.74) is 6.25. The molecule has 0 aliphatic heterocycles. The summed E-state index contributed by atoms with van der Waals surface area (Å²) in [5.74, 6) is -0.530. The monoisotopic (exact) mass is 243 g/mol. The minimum Gasteiger partial charge on any atom is -0.325 e. The molecule has 0 aliphatic carbocycles. The molecule has 0 fully saturated rings. The Morgan fingerprint density at radius 3 is 2.25 bits per heavy atom. The van der Waals surface area contributed by atoms with Crippen LogP contribution in [-0.2, 0) is 20.6 Å². The van der Waals surface area contributed by atoms with Gasteiger partial charge < -0.3 is 11.1 Å². The average molecular weight is 243 g/mol. The highest BCUT2D eigenvalue weighted by Crippen LogP contribution is 2.10. The highest BCUT2D eigenvalue weighted by Gasteiger charge is 2.05. The Balaban J connectivity index is 2.72. The van der Waals surface area contributed by atoms with Crippen LogP contribution in [0.4, 0.5) is 5.69 Å². The van der Waals surface area contributed by atoms with E-state index in [2.05, 4.69) is 5.32 Å². The van der Waals surface area contributed by atoms with Gasteiger partial charge in [0.1, 0.15) is 0 Å². The molecule has 0 saturated heterocycles. The Kier molecular flexibility index (Phi) is 3.99.